The number of hydrogen-bond donors (Lipinski definition) is 0. The third kappa shape index (κ3) is 6.99. The second-order valence-corrected chi connectivity index (χ2v) is 11.7. The Morgan fingerprint density at radius 2 is 1.45 bits per heavy atom. The maximum Gasteiger partial charge on any atom is 0.149 e. The predicted octanol–water partition coefficient (Wildman–Crippen LogP) is 10.8. The molecule has 1 atom stereocenters. The molecular formula is C30H45ClFI. The lowest BCUT2D eigenvalue weighted by Gasteiger charge is -2.40. The number of rotatable bonds is 7. The van der Waals surface area contributed by atoms with E-state index in [-0.39, 0.29) is 29.8 Å². The Hall–Kier alpha value is -0.0900. The molecule has 0 aromatic heterocycles. The van der Waals surface area contributed by atoms with Gasteiger partial charge in [0.15, 0.2) is 0 Å². The molecule has 0 radical (unpaired) electrons. The van der Waals surface area contributed by atoms with E-state index < -0.39 is 0 Å². The fourth-order valence-electron chi connectivity index (χ4n) is 7.14. The van der Waals surface area contributed by atoms with Gasteiger partial charge in [-0.25, -0.2) is 4.39 Å². The molecule has 1 aromatic carbocycles. The third-order valence-corrected chi connectivity index (χ3v) is 9.79. The first kappa shape index (κ1) is 27.5. The normalized spacial score (nSPS) is 30.4. The molecule has 0 saturated heterocycles. The number of hydrogen-bond acceptors (Lipinski definition) is 0. The van der Waals surface area contributed by atoms with Crippen molar-refractivity contribution in [1.82, 2.24) is 0 Å². The van der Waals surface area contributed by atoms with Crippen molar-refractivity contribution in [2.45, 2.75) is 110 Å². The molecule has 0 amide bonds. The first-order valence-corrected chi connectivity index (χ1v) is 14.1. The average molecular weight is 587 g/mol. The molecule has 0 nitrogen and oxygen atoms in total. The lowest BCUT2D eigenvalue weighted by atomic mass is 9.65. The summed E-state index contributed by atoms with van der Waals surface area (Å²) in [5, 5.41) is 0.291. The van der Waals surface area contributed by atoms with E-state index in [1.165, 1.54) is 89.0 Å². The Morgan fingerprint density at radius 3 is 2.03 bits per heavy atom. The zero-order chi connectivity index (χ0) is 22.5. The molecule has 0 bridgehead atoms. The van der Waals surface area contributed by atoms with Crippen LogP contribution in [-0.4, -0.2) is 0 Å². The highest BCUT2D eigenvalue weighted by atomic mass is 127. The molecule has 3 aliphatic carbocycles. The van der Waals surface area contributed by atoms with Crippen molar-refractivity contribution < 1.29 is 4.39 Å². The van der Waals surface area contributed by atoms with Crippen molar-refractivity contribution in [3.05, 3.63) is 40.2 Å². The summed E-state index contributed by atoms with van der Waals surface area (Å²) in [6, 6.07) is 3.88. The van der Waals surface area contributed by atoms with Crippen LogP contribution in [0.15, 0.2) is 18.2 Å². The molecule has 2 saturated carbocycles. The SMILES string of the molecule is CCCCCC1CCC(C2CCC(C3CC=C(c4ccc(C)c(Cl)c4F)CC3)CC2)CC1.I. The smallest absolute Gasteiger partial charge is 0.149 e. The summed E-state index contributed by atoms with van der Waals surface area (Å²) in [5.41, 5.74) is 2.72. The lowest BCUT2D eigenvalue weighted by Crippen LogP contribution is -2.28. The van der Waals surface area contributed by atoms with Gasteiger partial charge in [0.25, 0.3) is 0 Å². The zero-order valence-electron chi connectivity index (χ0n) is 20.9. The molecule has 33 heavy (non-hydrogen) atoms. The van der Waals surface area contributed by atoms with Crippen LogP contribution in [0.5, 0.6) is 0 Å². The van der Waals surface area contributed by atoms with Crippen LogP contribution in [0.2, 0.25) is 5.02 Å². The Labute approximate surface area is 224 Å². The van der Waals surface area contributed by atoms with Gasteiger partial charge in [-0.1, -0.05) is 75.3 Å². The van der Waals surface area contributed by atoms with Gasteiger partial charge in [0.2, 0.25) is 0 Å². The number of allylic oxidation sites excluding steroid dienone is 2. The van der Waals surface area contributed by atoms with E-state index in [2.05, 4.69) is 13.0 Å². The summed E-state index contributed by atoms with van der Waals surface area (Å²) in [5.74, 6) is 4.52. The van der Waals surface area contributed by atoms with Gasteiger partial charge in [0.05, 0.1) is 5.02 Å². The van der Waals surface area contributed by atoms with Crippen molar-refractivity contribution >= 4 is 41.2 Å². The van der Waals surface area contributed by atoms with E-state index in [1.807, 2.05) is 19.1 Å². The van der Waals surface area contributed by atoms with E-state index in [0.29, 0.717) is 5.02 Å². The number of halogens is 3. The molecule has 3 aliphatic rings. The summed E-state index contributed by atoms with van der Waals surface area (Å²) in [6.07, 6.45) is 23.2. The first-order valence-electron chi connectivity index (χ1n) is 13.7. The van der Waals surface area contributed by atoms with E-state index in [0.717, 1.165) is 53.6 Å². The fraction of sp³-hybridized carbons (Fsp3) is 0.733. The van der Waals surface area contributed by atoms with Gasteiger partial charge in [-0.3, -0.25) is 0 Å². The van der Waals surface area contributed by atoms with Crippen molar-refractivity contribution in [3.8, 4) is 0 Å². The van der Waals surface area contributed by atoms with Gasteiger partial charge in [0.1, 0.15) is 5.82 Å². The van der Waals surface area contributed by atoms with E-state index in [4.69, 9.17) is 11.6 Å². The van der Waals surface area contributed by atoms with Crippen LogP contribution in [0.1, 0.15) is 114 Å². The van der Waals surface area contributed by atoms with Crippen LogP contribution in [0.25, 0.3) is 5.57 Å². The van der Waals surface area contributed by atoms with Crippen LogP contribution in [0.3, 0.4) is 0 Å². The second-order valence-electron chi connectivity index (χ2n) is 11.3. The summed E-state index contributed by atoms with van der Waals surface area (Å²) in [4.78, 5) is 0. The maximum absolute atomic E-state index is 14.6. The van der Waals surface area contributed by atoms with E-state index in [1.54, 1.807) is 0 Å². The minimum Gasteiger partial charge on any atom is -0.205 e. The molecule has 3 heteroatoms. The van der Waals surface area contributed by atoms with Crippen LogP contribution >= 0.6 is 35.6 Å². The quantitative estimate of drug-likeness (QED) is 0.220. The number of aryl methyl sites for hydroxylation is 1. The van der Waals surface area contributed by atoms with Crippen LogP contribution in [0.4, 0.5) is 4.39 Å². The highest BCUT2D eigenvalue weighted by Gasteiger charge is 2.33. The summed E-state index contributed by atoms with van der Waals surface area (Å²) in [6.45, 7) is 4.19. The first-order chi connectivity index (χ1) is 15.6. The molecule has 1 aromatic rings. The standard InChI is InChI=1S/C30H44ClF.HI/c1-3-4-5-6-22-8-10-23(11-9-22)24-12-14-25(15-13-24)26-16-18-27(19-17-26)28-20-7-21(2)29(31)30(28)32;/h7,18,20,22-26H,3-6,8-17,19H2,1-2H3;1H. The van der Waals surface area contributed by atoms with Gasteiger partial charge in [-0.15, -0.1) is 24.0 Å². The Kier molecular flexibility index (Phi) is 11.1. The van der Waals surface area contributed by atoms with Gasteiger partial charge >= 0.3 is 0 Å². The maximum atomic E-state index is 14.6. The van der Waals surface area contributed by atoms with Gasteiger partial charge in [-0.2, -0.15) is 0 Å². The van der Waals surface area contributed by atoms with E-state index in [9.17, 15) is 4.39 Å². The van der Waals surface area contributed by atoms with Gasteiger partial charge < -0.3 is 0 Å². The highest BCUT2D eigenvalue weighted by molar-refractivity contribution is 14.0. The molecule has 1 unspecified atom stereocenters. The predicted molar refractivity (Wildman–Crippen MR) is 152 cm³/mol. The summed E-state index contributed by atoms with van der Waals surface area (Å²) >= 11 is 6.16. The molecule has 2 fully saturated rings. The van der Waals surface area contributed by atoms with Crippen molar-refractivity contribution in [2.75, 3.05) is 0 Å². The molecule has 4 rings (SSSR count). The van der Waals surface area contributed by atoms with Gasteiger partial charge in [-0.05, 0) is 105 Å². The van der Waals surface area contributed by atoms with Crippen molar-refractivity contribution in [1.29, 1.82) is 0 Å². The largest absolute Gasteiger partial charge is 0.205 e. The molecule has 186 valence electrons. The zero-order valence-corrected chi connectivity index (χ0v) is 24.0. The monoisotopic (exact) mass is 586 g/mol. The minimum absolute atomic E-state index is 0. The second kappa shape index (κ2) is 13.3. The third-order valence-electron chi connectivity index (χ3n) is 9.33. The lowest BCUT2D eigenvalue weighted by molar-refractivity contribution is 0.120. The van der Waals surface area contributed by atoms with Crippen molar-refractivity contribution in [3.63, 3.8) is 0 Å². The fourth-order valence-corrected chi connectivity index (χ4v) is 7.31. The van der Waals surface area contributed by atoms with Crippen LogP contribution in [0, 0.1) is 42.3 Å². The average Bonchev–Trinajstić information content (AvgIpc) is 2.84. The Bertz CT molecular complexity index is 772. The minimum atomic E-state index is -0.225. The molecule has 0 N–H and O–H groups in total. The molecular weight excluding hydrogens is 542 g/mol. The van der Waals surface area contributed by atoms with Crippen LogP contribution < -0.4 is 0 Å². The summed E-state index contributed by atoms with van der Waals surface area (Å²) < 4.78 is 14.6. The Morgan fingerprint density at radius 1 is 0.848 bits per heavy atom. The topological polar surface area (TPSA) is 0 Å². The number of benzene rings is 1. The Balaban J connectivity index is 0.00000306. The van der Waals surface area contributed by atoms with E-state index >= 15 is 0 Å². The summed E-state index contributed by atoms with van der Waals surface area (Å²) in [7, 11) is 0. The number of unbranched alkanes of at least 4 members (excludes halogenated alkanes) is 2. The van der Waals surface area contributed by atoms with Crippen LogP contribution in [-0.2, 0) is 0 Å². The van der Waals surface area contributed by atoms with Gasteiger partial charge in [0, 0.05) is 5.56 Å². The highest BCUT2D eigenvalue weighted by Crippen LogP contribution is 2.46. The van der Waals surface area contributed by atoms with Crippen molar-refractivity contribution in [2.24, 2.45) is 29.6 Å². The molecule has 0 aliphatic heterocycles. The molecule has 0 heterocycles. The molecule has 0 spiro atoms.